The van der Waals surface area contributed by atoms with Crippen LogP contribution in [-0.4, -0.2) is 4.98 Å². The monoisotopic (exact) mass is 269 g/mol. The predicted molar refractivity (Wildman–Crippen MR) is 85.9 cm³/mol. The Morgan fingerprint density at radius 3 is 2.35 bits per heavy atom. The van der Waals surface area contributed by atoms with Crippen molar-refractivity contribution < 1.29 is 0 Å². The molecule has 106 valence electrons. The van der Waals surface area contributed by atoms with E-state index in [9.17, 15) is 0 Å². The minimum Gasteiger partial charge on any atom is -0.397 e. The Bertz CT molecular complexity index is 580. The average Bonchev–Trinajstić information content (AvgIpc) is 2.37. The Morgan fingerprint density at radius 2 is 1.80 bits per heavy atom. The maximum Gasteiger partial charge on any atom is 0.129 e. The van der Waals surface area contributed by atoms with E-state index in [0.717, 1.165) is 17.9 Å². The van der Waals surface area contributed by atoms with Gasteiger partial charge >= 0.3 is 0 Å². The largest absolute Gasteiger partial charge is 0.397 e. The highest BCUT2D eigenvalue weighted by atomic mass is 15.0. The van der Waals surface area contributed by atoms with Crippen molar-refractivity contribution >= 4 is 11.5 Å². The number of rotatable bonds is 3. The van der Waals surface area contributed by atoms with Crippen molar-refractivity contribution in [2.24, 2.45) is 0 Å². The molecule has 0 atom stereocenters. The maximum absolute atomic E-state index is 5.70. The van der Waals surface area contributed by atoms with Gasteiger partial charge in [0.15, 0.2) is 0 Å². The predicted octanol–water partition coefficient (Wildman–Crippen LogP) is 3.88. The molecule has 2 rings (SSSR count). The van der Waals surface area contributed by atoms with Crippen LogP contribution in [-0.2, 0) is 12.0 Å². The van der Waals surface area contributed by atoms with Crippen LogP contribution in [0.5, 0.6) is 0 Å². The summed E-state index contributed by atoms with van der Waals surface area (Å²) in [5.74, 6) is 0.888. The summed E-state index contributed by atoms with van der Waals surface area (Å²) in [4.78, 5) is 4.31. The number of hydrogen-bond acceptors (Lipinski definition) is 3. The van der Waals surface area contributed by atoms with Gasteiger partial charge in [0.1, 0.15) is 5.82 Å². The molecule has 0 amide bonds. The van der Waals surface area contributed by atoms with Crippen LogP contribution in [0, 0.1) is 6.92 Å². The molecule has 0 saturated heterocycles. The second kappa shape index (κ2) is 5.53. The first-order chi connectivity index (χ1) is 9.36. The van der Waals surface area contributed by atoms with Crippen molar-refractivity contribution in [1.29, 1.82) is 0 Å². The smallest absolute Gasteiger partial charge is 0.129 e. The normalized spacial score (nSPS) is 11.4. The van der Waals surface area contributed by atoms with Crippen molar-refractivity contribution in [3.63, 3.8) is 0 Å². The van der Waals surface area contributed by atoms with Crippen molar-refractivity contribution in [3.05, 3.63) is 53.2 Å². The zero-order chi connectivity index (χ0) is 14.8. The summed E-state index contributed by atoms with van der Waals surface area (Å²) in [6, 6.07) is 10.7. The Labute approximate surface area is 121 Å². The lowest BCUT2D eigenvalue weighted by Crippen LogP contribution is -2.11. The van der Waals surface area contributed by atoms with Crippen LogP contribution in [0.2, 0.25) is 0 Å². The molecule has 0 fully saturated rings. The molecule has 3 nitrogen and oxygen atoms in total. The van der Waals surface area contributed by atoms with Crippen LogP contribution in [0.3, 0.4) is 0 Å². The number of nitrogen functional groups attached to an aromatic ring is 1. The summed E-state index contributed by atoms with van der Waals surface area (Å²) in [6.45, 7) is 9.45. The number of anilines is 2. The van der Waals surface area contributed by atoms with E-state index < -0.39 is 0 Å². The SMILES string of the molecule is Cc1cc(N)cnc1NCc1ccc(C(C)(C)C)cc1. The number of nitrogens with zero attached hydrogens (tertiary/aromatic N) is 1. The van der Waals surface area contributed by atoms with Gasteiger partial charge in [-0.3, -0.25) is 0 Å². The molecule has 2 aromatic rings. The molecule has 0 aliphatic rings. The van der Waals surface area contributed by atoms with E-state index in [0.29, 0.717) is 5.69 Å². The highest BCUT2D eigenvalue weighted by Gasteiger charge is 2.12. The molecule has 3 heteroatoms. The van der Waals surface area contributed by atoms with E-state index in [4.69, 9.17) is 5.73 Å². The molecule has 0 saturated carbocycles. The Morgan fingerprint density at radius 1 is 1.15 bits per heavy atom. The molecule has 20 heavy (non-hydrogen) atoms. The van der Waals surface area contributed by atoms with Crippen LogP contribution in [0.4, 0.5) is 11.5 Å². The van der Waals surface area contributed by atoms with Crippen molar-refractivity contribution in [2.45, 2.75) is 39.7 Å². The molecule has 0 bridgehead atoms. The fraction of sp³-hybridized carbons (Fsp3) is 0.353. The van der Waals surface area contributed by atoms with E-state index in [1.807, 2.05) is 13.0 Å². The highest BCUT2D eigenvalue weighted by Crippen LogP contribution is 2.22. The summed E-state index contributed by atoms with van der Waals surface area (Å²) < 4.78 is 0. The minimum absolute atomic E-state index is 0.195. The van der Waals surface area contributed by atoms with Gasteiger partial charge in [0.25, 0.3) is 0 Å². The first kappa shape index (κ1) is 14.4. The van der Waals surface area contributed by atoms with Crippen molar-refractivity contribution in [2.75, 3.05) is 11.1 Å². The zero-order valence-corrected chi connectivity index (χ0v) is 12.7. The Kier molecular flexibility index (Phi) is 3.98. The van der Waals surface area contributed by atoms with E-state index in [1.54, 1.807) is 6.20 Å². The molecule has 1 aromatic heterocycles. The Balaban J connectivity index is 2.04. The second-order valence-electron chi connectivity index (χ2n) is 6.23. The number of pyridine rings is 1. The number of aromatic nitrogens is 1. The van der Waals surface area contributed by atoms with Crippen LogP contribution in [0.25, 0.3) is 0 Å². The quantitative estimate of drug-likeness (QED) is 0.889. The second-order valence-corrected chi connectivity index (χ2v) is 6.23. The number of benzene rings is 1. The number of aryl methyl sites for hydroxylation is 1. The highest BCUT2D eigenvalue weighted by molar-refractivity contribution is 5.51. The van der Waals surface area contributed by atoms with Crippen molar-refractivity contribution in [1.82, 2.24) is 4.98 Å². The molecule has 0 unspecified atom stereocenters. The lowest BCUT2D eigenvalue weighted by Gasteiger charge is -2.19. The third-order valence-corrected chi connectivity index (χ3v) is 3.38. The van der Waals surface area contributed by atoms with E-state index in [-0.39, 0.29) is 5.41 Å². The van der Waals surface area contributed by atoms with Gasteiger partial charge < -0.3 is 11.1 Å². The molecule has 1 heterocycles. The molecule has 3 N–H and O–H groups in total. The fourth-order valence-electron chi connectivity index (χ4n) is 2.09. The summed E-state index contributed by atoms with van der Waals surface area (Å²) in [6.07, 6.45) is 1.68. The standard InChI is InChI=1S/C17H23N3/c1-12-9-15(18)11-20-16(12)19-10-13-5-7-14(8-6-13)17(2,3)4/h5-9,11H,10,18H2,1-4H3,(H,19,20). The van der Waals surface area contributed by atoms with Gasteiger partial charge in [-0.1, -0.05) is 45.0 Å². The third-order valence-electron chi connectivity index (χ3n) is 3.38. The van der Waals surface area contributed by atoms with E-state index in [2.05, 4.69) is 55.3 Å². The van der Waals surface area contributed by atoms with E-state index in [1.165, 1.54) is 11.1 Å². The molecular formula is C17H23N3. The average molecular weight is 269 g/mol. The molecular weight excluding hydrogens is 246 g/mol. The summed E-state index contributed by atoms with van der Waals surface area (Å²) in [5, 5.41) is 3.35. The minimum atomic E-state index is 0.195. The zero-order valence-electron chi connectivity index (χ0n) is 12.7. The topological polar surface area (TPSA) is 50.9 Å². The van der Waals surface area contributed by atoms with Crippen LogP contribution < -0.4 is 11.1 Å². The summed E-state index contributed by atoms with van der Waals surface area (Å²) >= 11 is 0. The van der Waals surface area contributed by atoms with Crippen molar-refractivity contribution in [3.8, 4) is 0 Å². The van der Waals surface area contributed by atoms with Gasteiger partial charge in [-0.05, 0) is 35.1 Å². The maximum atomic E-state index is 5.70. The van der Waals surface area contributed by atoms with Crippen LogP contribution in [0.15, 0.2) is 36.5 Å². The molecule has 0 aliphatic heterocycles. The fourth-order valence-corrected chi connectivity index (χ4v) is 2.09. The van der Waals surface area contributed by atoms with Gasteiger partial charge in [-0.2, -0.15) is 0 Å². The Hall–Kier alpha value is -2.03. The summed E-state index contributed by atoms with van der Waals surface area (Å²) in [5.41, 5.74) is 10.3. The molecule has 0 radical (unpaired) electrons. The van der Waals surface area contributed by atoms with Gasteiger partial charge in [0, 0.05) is 6.54 Å². The summed E-state index contributed by atoms with van der Waals surface area (Å²) in [7, 11) is 0. The lowest BCUT2D eigenvalue weighted by atomic mass is 9.87. The van der Waals surface area contributed by atoms with Gasteiger partial charge in [0.2, 0.25) is 0 Å². The van der Waals surface area contributed by atoms with E-state index >= 15 is 0 Å². The van der Waals surface area contributed by atoms with Gasteiger partial charge in [-0.15, -0.1) is 0 Å². The molecule has 0 aliphatic carbocycles. The van der Waals surface area contributed by atoms with Gasteiger partial charge in [-0.25, -0.2) is 4.98 Å². The first-order valence-corrected chi connectivity index (χ1v) is 6.91. The first-order valence-electron chi connectivity index (χ1n) is 6.91. The third kappa shape index (κ3) is 3.50. The lowest BCUT2D eigenvalue weighted by molar-refractivity contribution is 0.590. The molecule has 1 aromatic carbocycles. The van der Waals surface area contributed by atoms with Crippen LogP contribution >= 0.6 is 0 Å². The number of nitrogens with one attached hydrogen (secondary N) is 1. The number of nitrogens with two attached hydrogens (primary N) is 1. The number of hydrogen-bond donors (Lipinski definition) is 2. The van der Waals surface area contributed by atoms with Crippen LogP contribution in [0.1, 0.15) is 37.5 Å². The molecule has 0 spiro atoms. The van der Waals surface area contributed by atoms with Gasteiger partial charge in [0.05, 0.1) is 11.9 Å².